The SMILES string of the molecule is Cc1ncn(-c2ccc(NC(=O)Cc3ccc4c(c3)NC(=O)C4)cc2)c1C. The summed E-state index contributed by atoms with van der Waals surface area (Å²) < 4.78 is 2.01. The van der Waals surface area contributed by atoms with Gasteiger partial charge in [-0.05, 0) is 55.3 Å². The zero-order valence-corrected chi connectivity index (χ0v) is 15.2. The van der Waals surface area contributed by atoms with Crippen molar-refractivity contribution < 1.29 is 9.59 Å². The molecule has 1 aromatic heterocycles. The summed E-state index contributed by atoms with van der Waals surface area (Å²) in [4.78, 5) is 28.1. The number of amides is 2. The molecule has 0 saturated heterocycles. The van der Waals surface area contributed by atoms with Crippen molar-refractivity contribution in [1.82, 2.24) is 9.55 Å². The molecule has 0 bridgehead atoms. The van der Waals surface area contributed by atoms with E-state index in [1.807, 2.05) is 60.9 Å². The average molecular weight is 360 g/mol. The van der Waals surface area contributed by atoms with Gasteiger partial charge in [-0.2, -0.15) is 0 Å². The number of fused-ring (bicyclic) bond motifs is 1. The predicted octanol–water partition coefficient (Wildman–Crippen LogP) is 3.16. The van der Waals surface area contributed by atoms with Gasteiger partial charge < -0.3 is 15.2 Å². The number of benzene rings is 2. The molecule has 0 saturated carbocycles. The summed E-state index contributed by atoms with van der Waals surface area (Å²) in [6.45, 7) is 4.00. The molecule has 27 heavy (non-hydrogen) atoms. The van der Waals surface area contributed by atoms with Crippen molar-refractivity contribution in [2.24, 2.45) is 0 Å². The van der Waals surface area contributed by atoms with Gasteiger partial charge in [0.15, 0.2) is 0 Å². The fourth-order valence-electron chi connectivity index (χ4n) is 3.23. The lowest BCUT2D eigenvalue weighted by molar-refractivity contribution is -0.116. The fraction of sp³-hybridized carbons (Fsp3) is 0.190. The Bertz CT molecular complexity index is 1030. The van der Waals surface area contributed by atoms with Crippen LogP contribution in [0, 0.1) is 13.8 Å². The second-order valence-electron chi connectivity index (χ2n) is 6.77. The number of imidazole rings is 1. The summed E-state index contributed by atoms with van der Waals surface area (Å²) in [5.74, 6) is -0.100. The third-order valence-corrected chi connectivity index (χ3v) is 4.85. The smallest absolute Gasteiger partial charge is 0.228 e. The van der Waals surface area contributed by atoms with Crippen LogP contribution in [-0.2, 0) is 22.4 Å². The first-order valence-corrected chi connectivity index (χ1v) is 8.82. The molecule has 2 N–H and O–H groups in total. The van der Waals surface area contributed by atoms with E-state index in [0.717, 1.165) is 39.6 Å². The molecule has 0 spiro atoms. The number of aryl methyl sites for hydroxylation is 1. The lowest BCUT2D eigenvalue weighted by Crippen LogP contribution is -2.14. The summed E-state index contributed by atoms with van der Waals surface area (Å²) in [6.07, 6.45) is 2.46. The Morgan fingerprint density at radius 1 is 1.19 bits per heavy atom. The first-order valence-electron chi connectivity index (χ1n) is 8.82. The minimum atomic E-state index is -0.0957. The molecule has 0 fully saturated rings. The summed E-state index contributed by atoms with van der Waals surface area (Å²) >= 11 is 0. The van der Waals surface area contributed by atoms with Crippen LogP contribution in [0.15, 0.2) is 48.8 Å². The fourth-order valence-corrected chi connectivity index (χ4v) is 3.23. The molecule has 0 aliphatic carbocycles. The molecule has 0 unspecified atom stereocenters. The second-order valence-corrected chi connectivity index (χ2v) is 6.77. The Kier molecular flexibility index (Phi) is 4.24. The maximum atomic E-state index is 12.3. The number of hydrogen-bond acceptors (Lipinski definition) is 3. The van der Waals surface area contributed by atoms with Gasteiger partial charge in [-0.15, -0.1) is 0 Å². The number of carbonyl (C=O) groups excluding carboxylic acids is 2. The minimum absolute atomic E-state index is 0.00462. The molecule has 2 amide bonds. The maximum Gasteiger partial charge on any atom is 0.228 e. The van der Waals surface area contributed by atoms with Crippen LogP contribution in [0.5, 0.6) is 0 Å². The molecule has 2 heterocycles. The van der Waals surface area contributed by atoms with E-state index in [1.54, 1.807) is 6.33 Å². The topological polar surface area (TPSA) is 76.0 Å². The highest BCUT2D eigenvalue weighted by atomic mass is 16.2. The van der Waals surface area contributed by atoms with Crippen LogP contribution in [0.4, 0.5) is 11.4 Å². The Labute approximate surface area is 157 Å². The van der Waals surface area contributed by atoms with Crippen molar-refractivity contribution in [3.63, 3.8) is 0 Å². The van der Waals surface area contributed by atoms with E-state index in [0.29, 0.717) is 6.42 Å². The van der Waals surface area contributed by atoms with Crippen molar-refractivity contribution in [3.05, 3.63) is 71.3 Å². The molecule has 1 aliphatic heterocycles. The highest BCUT2D eigenvalue weighted by molar-refractivity contribution is 5.99. The van der Waals surface area contributed by atoms with Gasteiger partial charge in [0, 0.05) is 22.8 Å². The lowest BCUT2D eigenvalue weighted by Gasteiger charge is -2.09. The van der Waals surface area contributed by atoms with Crippen molar-refractivity contribution >= 4 is 23.2 Å². The van der Waals surface area contributed by atoms with Gasteiger partial charge in [0.2, 0.25) is 11.8 Å². The molecule has 4 rings (SSSR count). The van der Waals surface area contributed by atoms with E-state index in [4.69, 9.17) is 0 Å². The third-order valence-electron chi connectivity index (χ3n) is 4.85. The quantitative estimate of drug-likeness (QED) is 0.750. The highest BCUT2D eigenvalue weighted by Crippen LogP contribution is 2.24. The summed E-state index contributed by atoms with van der Waals surface area (Å²) in [5.41, 5.74) is 6.49. The van der Waals surface area contributed by atoms with E-state index < -0.39 is 0 Å². The summed E-state index contributed by atoms with van der Waals surface area (Å²) in [6, 6.07) is 13.3. The van der Waals surface area contributed by atoms with Gasteiger partial charge in [-0.1, -0.05) is 12.1 Å². The number of hydrogen-bond donors (Lipinski definition) is 2. The highest BCUT2D eigenvalue weighted by Gasteiger charge is 2.18. The van der Waals surface area contributed by atoms with Crippen LogP contribution in [0.2, 0.25) is 0 Å². The largest absolute Gasteiger partial charge is 0.326 e. The van der Waals surface area contributed by atoms with Crippen molar-refractivity contribution in [2.75, 3.05) is 10.6 Å². The molecule has 6 nitrogen and oxygen atoms in total. The zero-order chi connectivity index (χ0) is 19.0. The molecular formula is C21H20N4O2. The van der Waals surface area contributed by atoms with Crippen molar-refractivity contribution in [3.8, 4) is 5.69 Å². The van der Waals surface area contributed by atoms with Crippen molar-refractivity contribution in [1.29, 1.82) is 0 Å². The zero-order valence-electron chi connectivity index (χ0n) is 15.2. The van der Waals surface area contributed by atoms with E-state index in [-0.39, 0.29) is 18.2 Å². The van der Waals surface area contributed by atoms with E-state index in [2.05, 4.69) is 15.6 Å². The van der Waals surface area contributed by atoms with E-state index in [1.165, 1.54) is 0 Å². The Morgan fingerprint density at radius 3 is 2.67 bits per heavy atom. The van der Waals surface area contributed by atoms with Crippen LogP contribution in [-0.4, -0.2) is 21.4 Å². The third kappa shape index (κ3) is 3.46. The maximum absolute atomic E-state index is 12.3. The van der Waals surface area contributed by atoms with Crippen molar-refractivity contribution in [2.45, 2.75) is 26.7 Å². The van der Waals surface area contributed by atoms with Crippen LogP contribution in [0.1, 0.15) is 22.5 Å². The van der Waals surface area contributed by atoms with Gasteiger partial charge in [-0.25, -0.2) is 4.98 Å². The van der Waals surface area contributed by atoms with Gasteiger partial charge in [0.25, 0.3) is 0 Å². The first kappa shape index (κ1) is 17.0. The molecule has 3 aromatic rings. The number of rotatable bonds is 4. The monoisotopic (exact) mass is 360 g/mol. The molecule has 1 aliphatic rings. The van der Waals surface area contributed by atoms with Crippen LogP contribution < -0.4 is 10.6 Å². The molecule has 0 atom stereocenters. The van der Waals surface area contributed by atoms with Crippen LogP contribution >= 0.6 is 0 Å². The van der Waals surface area contributed by atoms with Crippen LogP contribution in [0.25, 0.3) is 5.69 Å². The summed E-state index contributed by atoms with van der Waals surface area (Å²) in [7, 11) is 0. The number of carbonyl (C=O) groups is 2. The molecular weight excluding hydrogens is 340 g/mol. The Morgan fingerprint density at radius 2 is 1.96 bits per heavy atom. The normalized spacial score (nSPS) is 12.6. The standard InChI is InChI=1S/C21H20N4O2/c1-13-14(2)25(12-22-13)18-7-5-17(6-8-18)23-20(26)10-15-3-4-16-11-21(27)24-19(16)9-15/h3-9,12H,10-11H2,1-2H3,(H,23,26)(H,24,27). The van der Waals surface area contributed by atoms with E-state index in [9.17, 15) is 9.59 Å². The number of aromatic nitrogens is 2. The average Bonchev–Trinajstić information content (AvgIpc) is 3.17. The Hall–Kier alpha value is -3.41. The number of nitrogens with one attached hydrogen (secondary N) is 2. The summed E-state index contributed by atoms with van der Waals surface area (Å²) in [5, 5.41) is 5.72. The first-order chi connectivity index (χ1) is 13.0. The molecule has 136 valence electrons. The minimum Gasteiger partial charge on any atom is -0.326 e. The van der Waals surface area contributed by atoms with E-state index >= 15 is 0 Å². The molecule has 2 aromatic carbocycles. The van der Waals surface area contributed by atoms with Gasteiger partial charge in [0.05, 0.1) is 24.9 Å². The van der Waals surface area contributed by atoms with Crippen LogP contribution in [0.3, 0.4) is 0 Å². The van der Waals surface area contributed by atoms with Gasteiger partial charge in [0.1, 0.15) is 0 Å². The second kappa shape index (κ2) is 6.72. The molecule has 6 heteroatoms. The number of anilines is 2. The predicted molar refractivity (Wildman–Crippen MR) is 104 cm³/mol. The molecule has 0 radical (unpaired) electrons. The Balaban J connectivity index is 1.42. The lowest BCUT2D eigenvalue weighted by atomic mass is 10.1. The van der Waals surface area contributed by atoms with Gasteiger partial charge >= 0.3 is 0 Å². The van der Waals surface area contributed by atoms with Gasteiger partial charge in [-0.3, -0.25) is 9.59 Å². The number of nitrogens with zero attached hydrogens (tertiary/aromatic N) is 2.